The molecule has 0 amide bonds. The monoisotopic (exact) mass is 252 g/mol. The van der Waals surface area contributed by atoms with Gasteiger partial charge in [0.15, 0.2) is 0 Å². The molecular formula is C15H24O3. The molecule has 18 heavy (non-hydrogen) atoms. The van der Waals surface area contributed by atoms with Gasteiger partial charge in [-0.2, -0.15) is 0 Å². The predicted octanol–water partition coefficient (Wildman–Crippen LogP) is 2.82. The summed E-state index contributed by atoms with van der Waals surface area (Å²) in [6, 6.07) is 8.44. The van der Waals surface area contributed by atoms with E-state index < -0.39 is 0 Å². The number of benzene rings is 1. The SMILES string of the molecule is CCO[C@H](C)COCc1cccc(CCOC)c1. The molecule has 0 bridgehead atoms. The number of ether oxygens (including phenoxy) is 3. The van der Waals surface area contributed by atoms with Gasteiger partial charge in [0.1, 0.15) is 0 Å². The zero-order valence-corrected chi connectivity index (χ0v) is 11.6. The normalized spacial score (nSPS) is 12.6. The van der Waals surface area contributed by atoms with E-state index in [-0.39, 0.29) is 6.10 Å². The van der Waals surface area contributed by atoms with Crippen LogP contribution in [0.3, 0.4) is 0 Å². The van der Waals surface area contributed by atoms with Crippen molar-refractivity contribution in [2.45, 2.75) is 33.0 Å². The van der Waals surface area contributed by atoms with Crippen LogP contribution in [0, 0.1) is 0 Å². The van der Waals surface area contributed by atoms with Crippen LogP contribution in [0.15, 0.2) is 24.3 Å². The van der Waals surface area contributed by atoms with Gasteiger partial charge in [-0.25, -0.2) is 0 Å². The van der Waals surface area contributed by atoms with Crippen molar-refractivity contribution in [1.29, 1.82) is 0 Å². The topological polar surface area (TPSA) is 27.7 Å². The Labute approximate surface area is 110 Å². The molecule has 0 radical (unpaired) electrons. The smallest absolute Gasteiger partial charge is 0.0780 e. The molecule has 0 heterocycles. The molecule has 1 rings (SSSR count). The number of hydrogen-bond acceptors (Lipinski definition) is 3. The van der Waals surface area contributed by atoms with Crippen LogP contribution >= 0.6 is 0 Å². The van der Waals surface area contributed by atoms with Crippen LogP contribution in [0.25, 0.3) is 0 Å². The molecule has 3 heteroatoms. The van der Waals surface area contributed by atoms with Gasteiger partial charge in [-0.3, -0.25) is 0 Å². The summed E-state index contributed by atoms with van der Waals surface area (Å²) < 4.78 is 16.1. The van der Waals surface area contributed by atoms with Gasteiger partial charge in [-0.05, 0) is 31.4 Å². The van der Waals surface area contributed by atoms with E-state index in [4.69, 9.17) is 14.2 Å². The lowest BCUT2D eigenvalue weighted by Crippen LogP contribution is -2.15. The first-order valence-corrected chi connectivity index (χ1v) is 6.52. The molecule has 0 spiro atoms. The molecule has 0 unspecified atom stereocenters. The molecule has 0 saturated carbocycles. The van der Waals surface area contributed by atoms with E-state index in [1.165, 1.54) is 11.1 Å². The molecule has 0 saturated heterocycles. The molecule has 1 atom stereocenters. The van der Waals surface area contributed by atoms with Crippen LogP contribution < -0.4 is 0 Å². The van der Waals surface area contributed by atoms with Gasteiger partial charge in [0, 0.05) is 13.7 Å². The van der Waals surface area contributed by atoms with Crippen LogP contribution in [-0.4, -0.2) is 33.0 Å². The molecule has 0 fully saturated rings. The fourth-order valence-corrected chi connectivity index (χ4v) is 1.77. The summed E-state index contributed by atoms with van der Waals surface area (Å²) in [7, 11) is 1.72. The molecule has 1 aromatic rings. The van der Waals surface area contributed by atoms with Gasteiger partial charge in [-0.15, -0.1) is 0 Å². The average Bonchev–Trinajstić information content (AvgIpc) is 2.37. The Morgan fingerprint density at radius 1 is 1.22 bits per heavy atom. The minimum atomic E-state index is 0.159. The summed E-state index contributed by atoms with van der Waals surface area (Å²) in [5, 5.41) is 0. The summed E-state index contributed by atoms with van der Waals surface area (Å²) in [5.74, 6) is 0. The molecule has 0 aromatic heterocycles. The molecule has 3 nitrogen and oxygen atoms in total. The molecule has 0 aliphatic rings. The van der Waals surface area contributed by atoms with Gasteiger partial charge in [0.25, 0.3) is 0 Å². The van der Waals surface area contributed by atoms with Gasteiger partial charge >= 0.3 is 0 Å². The van der Waals surface area contributed by atoms with E-state index >= 15 is 0 Å². The lowest BCUT2D eigenvalue weighted by Gasteiger charge is -2.12. The van der Waals surface area contributed by atoms with Crippen LogP contribution in [0.5, 0.6) is 0 Å². The maximum Gasteiger partial charge on any atom is 0.0780 e. The first-order chi connectivity index (χ1) is 8.76. The Bertz CT molecular complexity index is 325. The third-order valence-corrected chi connectivity index (χ3v) is 2.66. The summed E-state index contributed by atoms with van der Waals surface area (Å²) in [6.45, 7) is 6.78. The maximum atomic E-state index is 5.64. The van der Waals surface area contributed by atoms with Crippen LogP contribution in [0.2, 0.25) is 0 Å². The fourth-order valence-electron chi connectivity index (χ4n) is 1.77. The van der Waals surface area contributed by atoms with Gasteiger partial charge in [0.2, 0.25) is 0 Å². The Morgan fingerprint density at radius 2 is 2.00 bits per heavy atom. The first kappa shape index (κ1) is 15.2. The molecule has 1 aromatic carbocycles. The highest BCUT2D eigenvalue weighted by Crippen LogP contribution is 2.08. The number of methoxy groups -OCH3 is 1. The first-order valence-electron chi connectivity index (χ1n) is 6.52. The van der Waals surface area contributed by atoms with Gasteiger partial charge in [-0.1, -0.05) is 24.3 Å². The largest absolute Gasteiger partial charge is 0.384 e. The second kappa shape index (κ2) is 9.09. The number of rotatable bonds is 9. The van der Waals surface area contributed by atoms with Crippen molar-refractivity contribution in [3.8, 4) is 0 Å². The Kier molecular flexibility index (Phi) is 7.65. The van der Waals surface area contributed by atoms with Crippen molar-refractivity contribution in [2.75, 3.05) is 26.9 Å². The van der Waals surface area contributed by atoms with E-state index in [0.717, 1.165) is 19.6 Å². The third-order valence-electron chi connectivity index (χ3n) is 2.66. The van der Waals surface area contributed by atoms with Crippen molar-refractivity contribution in [3.05, 3.63) is 35.4 Å². The van der Waals surface area contributed by atoms with E-state index in [9.17, 15) is 0 Å². The minimum absolute atomic E-state index is 0.159. The lowest BCUT2D eigenvalue weighted by molar-refractivity contribution is -0.00714. The highest BCUT2D eigenvalue weighted by molar-refractivity contribution is 5.23. The van der Waals surface area contributed by atoms with E-state index in [2.05, 4.69) is 24.3 Å². The average molecular weight is 252 g/mol. The van der Waals surface area contributed by atoms with Crippen molar-refractivity contribution in [2.24, 2.45) is 0 Å². The van der Waals surface area contributed by atoms with Crippen molar-refractivity contribution >= 4 is 0 Å². The molecular weight excluding hydrogens is 228 g/mol. The summed E-state index contributed by atoms with van der Waals surface area (Å²) in [6.07, 6.45) is 1.10. The quantitative estimate of drug-likeness (QED) is 0.676. The van der Waals surface area contributed by atoms with Gasteiger partial charge < -0.3 is 14.2 Å². The molecule has 0 aliphatic carbocycles. The highest BCUT2D eigenvalue weighted by atomic mass is 16.5. The predicted molar refractivity (Wildman–Crippen MR) is 72.8 cm³/mol. The number of hydrogen-bond donors (Lipinski definition) is 0. The van der Waals surface area contributed by atoms with Crippen molar-refractivity contribution < 1.29 is 14.2 Å². The zero-order chi connectivity index (χ0) is 13.2. The van der Waals surface area contributed by atoms with Crippen molar-refractivity contribution in [1.82, 2.24) is 0 Å². The molecule has 0 N–H and O–H groups in total. The second-order valence-electron chi connectivity index (χ2n) is 4.34. The molecule has 0 aliphatic heterocycles. The van der Waals surface area contributed by atoms with Crippen molar-refractivity contribution in [3.63, 3.8) is 0 Å². The Balaban J connectivity index is 2.33. The highest BCUT2D eigenvalue weighted by Gasteiger charge is 2.01. The summed E-state index contributed by atoms with van der Waals surface area (Å²) in [4.78, 5) is 0. The third kappa shape index (κ3) is 6.15. The summed E-state index contributed by atoms with van der Waals surface area (Å²) >= 11 is 0. The standard InChI is InChI=1S/C15H24O3/c1-4-18-13(2)11-17-12-15-7-5-6-14(10-15)8-9-16-3/h5-7,10,13H,4,8-9,11-12H2,1-3H3/t13-/m1/s1. The summed E-state index contributed by atoms with van der Waals surface area (Å²) in [5.41, 5.74) is 2.49. The minimum Gasteiger partial charge on any atom is -0.384 e. The van der Waals surface area contributed by atoms with E-state index in [1.54, 1.807) is 7.11 Å². The van der Waals surface area contributed by atoms with E-state index in [0.29, 0.717) is 13.2 Å². The Hall–Kier alpha value is -0.900. The van der Waals surface area contributed by atoms with Crippen LogP contribution in [0.1, 0.15) is 25.0 Å². The Morgan fingerprint density at radius 3 is 2.72 bits per heavy atom. The lowest BCUT2D eigenvalue weighted by atomic mass is 10.1. The van der Waals surface area contributed by atoms with E-state index in [1.807, 2.05) is 13.8 Å². The fraction of sp³-hybridized carbons (Fsp3) is 0.600. The van der Waals surface area contributed by atoms with Crippen LogP contribution in [-0.2, 0) is 27.2 Å². The maximum absolute atomic E-state index is 5.64. The molecule has 102 valence electrons. The van der Waals surface area contributed by atoms with Gasteiger partial charge in [0.05, 0.1) is 25.9 Å². The van der Waals surface area contributed by atoms with Crippen LogP contribution in [0.4, 0.5) is 0 Å². The second-order valence-corrected chi connectivity index (χ2v) is 4.34. The zero-order valence-electron chi connectivity index (χ0n) is 11.6.